The number of aromatic nitrogens is 1. The van der Waals surface area contributed by atoms with Crippen LogP contribution in [0.3, 0.4) is 0 Å². The van der Waals surface area contributed by atoms with Crippen molar-refractivity contribution in [1.82, 2.24) is 4.98 Å². The van der Waals surface area contributed by atoms with E-state index >= 15 is 0 Å². The van der Waals surface area contributed by atoms with E-state index in [0.717, 1.165) is 28.7 Å². The number of hydrogen-bond donors (Lipinski definition) is 0. The quantitative estimate of drug-likeness (QED) is 0.597. The third-order valence-electron chi connectivity index (χ3n) is 1.90. The molecule has 0 aliphatic heterocycles. The highest BCUT2D eigenvalue weighted by molar-refractivity contribution is 8.14. The Balaban J connectivity index is 1.86. The summed E-state index contributed by atoms with van der Waals surface area (Å²) in [5.41, 5.74) is 0.932. The minimum Gasteiger partial charge on any atom is -0.452 e. The van der Waals surface area contributed by atoms with E-state index in [1.54, 1.807) is 0 Å². The molecule has 0 bridgehead atoms. The Hall–Kier alpha value is -0.750. The number of ether oxygens (including phenoxy) is 1. The largest absolute Gasteiger partial charge is 0.452 e. The van der Waals surface area contributed by atoms with Gasteiger partial charge in [-0.15, -0.1) is 0 Å². The second-order valence-electron chi connectivity index (χ2n) is 3.17. The van der Waals surface area contributed by atoms with Gasteiger partial charge in [-0.2, -0.15) is 0 Å². The van der Waals surface area contributed by atoms with Gasteiger partial charge in [0.25, 0.3) is 0 Å². The van der Waals surface area contributed by atoms with Gasteiger partial charge in [0, 0.05) is 11.8 Å². The summed E-state index contributed by atoms with van der Waals surface area (Å²) in [5.74, 6) is 0. The number of nitrogens with zero attached hydrogens (tertiary/aromatic N) is 1. The van der Waals surface area contributed by atoms with Crippen LogP contribution in [0.2, 0.25) is 9.49 Å². The molecular weight excluding hydrogens is 313 g/mol. The minimum atomic E-state index is -0.430. The highest BCUT2D eigenvalue weighted by Gasteiger charge is 2.13. The van der Waals surface area contributed by atoms with Crippen LogP contribution in [0.15, 0.2) is 34.7 Å². The van der Waals surface area contributed by atoms with Crippen molar-refractivity contribution in [2.45, 2.75) is 10.9 Å². The zero-order valence-electron chi connectivity index (χ0n) is 8.93. The molecule has 2 rings (SSSR count). The summed E-state index contributed by atoms with van der Waals surface area (Å²) in [5, 5.41) is -0.221. The normalized spacial score (nSPS) is 10.3. The second-order valence-corrected chi connectivity index (χ2v) is 6.31. The molecule has 18 heavy (non-hydrogen) atoms. The third kappa shape index (κ3) is 3.88. The molecule has 0 atom stereocenters. The first-order valence-corrected chi connectivity index (χ1v) is 7.24. The van der Waals surface area contributed by atoms with Crippen LogP contribution < -0.4 is 0 Å². The maximum absolute atomic E-state index is 11.5. The first-order chi connectivity index (χ1) is 8.65. The monoisotopic (exact) mass is 319 g/mol. The van der Waals surface area contributed by atoms with Crippen LogP contribution in [0.5, 0.6) is 0 Å². The molecule has 0 saturated carbocycles. The number of hydrogen-bond acceptors (Lipinski definition) is 5. The van der Waals surface area contributed by atoms with E-state index < -0.39 is 5.30 Å². The number of carbonyl (C=O) groups is 1. The summed E-state index contributed by atoms with van der Waals surface area (Å²) in [6, 6.07) is 9.44. The van der Waals surface area contributed by atoms with Gasteiger partial charge in [0.15, 0.2) is 9.49 Å². The topological polar surface area (TPSA) is 39.2 Å². The number of thioether (sulfide) groups is 1. The van der Waals surface area contributed by atoms with E-state index in [9.17, 15) is 4.79 Å². The van der Waals surface area contributed by atoms with Crippen LogP contribution in [-0.4, -0.2) is 10.3 Å². The van der Waals surface area contributed by atoms with Gasteiger partial charge < -0.3 is 4.74 Å². The molecule has 1 aromatic heterocycles. The molecule has 7 heteroatoms. The molecule has 2 aromatic rings. The molecule has 0 radical (unpaired) electrons. The maximum atomic E-state index is 11.5. The molecule has 94 valence electrons. The van der Waals surface area contributed by atoms with Gasteiger partial charge in [0.05, 0.1) is 0 Å². The Morgan fingerprint density at radius 2 is 2.06 bits per heavy atom. The summed E-state index contributed by atoms with van der Waals surface area (Å²) in [6.45, 7) is 0.236. The van der Waals surface area contributed by atoms with Crippen molar-refractivity contribution < 1.29 is 9.53 Å². The molecule has 0 aliphatic rings. The fourth-order valence-corrected chi connectivity index (χ4v) is 3.26. The van der Waals surface area contributed by atoms with Crippen LogP contribution >= 0.6 is 46.3 Å². The van der Waals surface area contributed by atoms with E-state index in [1.165, 1.54) is 0 Å². The van der Waals surface area contributed by atoms with Gasteiger partial charge in [-0.25, -0.2) is 9.78 Å². The van der Waals surface area contributed by atoms with Crippen LogP contribution in [-0.2, 0) is 11.3 Å². The fourth-order valence-electron chi connectivity index (χ4n) is 1.13. The molecule has 0 unspecified atom stereocenters. The van der Waals surface area contributed by atoms with Crippen molar-refractivity contribution >= 4 is 51.6 Å². The molecular formula is C11H7Cl2NO2S2. The second kappa shape index (κ2) is 6.43. The summed E-state index contributed by atoms with van der Waals surface area (Å²) < 4.78 is 5.93. The third-order valence-corrected chi connectivity index (χ3v) is 4.48. The lowest BCUT2D eigenvalue weighted by Gasteiger charge is -2.02. The molecule has 0 fully saturated rings. The van der Waals surface area contributed by atoms with Crippen LogP contribution in [0.4, 0.5) is 4.79 Å². The van der Waals surface area contributed by atoms with Gasteiger partial charge in [0.2, 0.25) is 0 Å². The van der Waals surface area contributed by atoms with Crippen LogP contribution in [0.25, 0.3) is 0 Å². The maximum Gasteiger partial charge on any atom is 0.374 e. The first-order valence-electron chi connectivity index (χ1n) is 4.85. The molecule has 0 saturated heterocycles. The molecule has 0 spiro atoms. The van der Waals surface area contributed by atoms with Crippen molar-refractivity contribution in [1.29, 1.82) is 0 Å². The van der Waals surface area contributed by atoms with Crippen molar-refractivity contribution in [3.8, 4) is 0 Å². The van der Waals surface area contributed by atoms with Crippen LogP contribution in [0, 0.1) is 0 Å². The van der Waals surface area contributed by atoms with Gasteiger partial charge >= 0.3 is 5.30 Å². The Bertz CT molecular complexity index is 526. The summed E-state index contributed by atoms with van der Waals surface area (Å²) in [6.07, 6.45) is 0. The lowest BCUT2D eigenvalue weighted by atomic mass is 10.2. The molecule has 1 heterocycles. The average Bonchev–Trinajstić information content (AvgIpc) is 2.67. The average molecular weight is 320 g/mol. The summed E-state index contributed by atoms with van der Waals surface area (Å²) in [4.78, 5) is 15.4. The van der Waals surface area contributed by atoms with E-state index in [4.69, 9.17) is 27.9 Å². The smallest absolute Gasteiger partial charge is 0.374 e. The number of halogens is 2. The molecule has 1 aromatic carbocycles. The van der Waals surface area contributed by atoms with Crippen molar-refractivity contribution in [2.24, 2.45) is 0 Å². The number of thiazole rings is 1. The molecule has 0 amide bonds. The number of carbonyl (C=O) groups excluding carboxylic acids is 1. The molecule has 0 aliphatic carbocycles. The predicted molar refractivity (Wildman–Crippen MR) is 74.6 cm³/mol. The lowest BCUT2D eigenvalue weighted by Crippen LogP contribution is -1.97. The summed E-state index contributed by atoms with van der Waals surface area (Å²) in [7, 11) is 0. The fraction of sp³-hybridized carbons (Fsp3) is 0.0909. The van der Waals surface area contributed by atoms with Crippen molar-refractivity contribution in [3.05, 3.63) is 45.4 Å². The van der Waals surface area contributed by atoms with E-state index in [2.05, 4.69) is 4.98 Å². The van der Waals surface area contributed by atoms with Gasteiger partial charge in [-0.1, -0.05) is 64.9 Å². The van der Waals surface area contributed by atoms with Gasteiger partial charge in [-0.05, 0) is 5.56 Å². The first kappa shape index (κ1) is 13.7. The van der Waals surface area contributed by atoms with Gasteiger partial charge in [-0.3, -0.25) is 0 Å². The van der Waals surface area contributed by atoms with E-state index in [-0.39, 0.29) is 11.8 Å². The number of rotatable bonds is 3. The highest BCUT2D eigenvalue weighted by atomic mass is 35.5. The van der Waals surface area contributed by atoms with Crippen molar-refractivity contribution in [3.63, 3.8) is 0 Å². The van der Waals surface area contributed by atoms with Crippen molar-refractivity contribution in [2.75, 3.05) is 0 Å². The predicted octanol–water partition coefficient (Wildman–Crippen LogP) is 4.88. The zero-order chi connectivity index (χ0) is 13.0. The Morgan fingerprint density at radius 3 is 2.67 bits per heavy atom. The lowest BCUT2D eigenvalue weighted by molar-refractivity contribution is 0.168. The van der Waals surface area contributed by atoms with E-state index in [0.29, 0.717) is 8.68 Å². The van der Waals surface area contributed by atoms with Gasteiger partial charge in [0.1, 0.15) is 10.9 Å². The minimum absolute atomic E-state index is 0.208. The van der Waals surface area contributed by atoms with E-state index in [1.807, 2.05) is 30.3 Å². The summed E-state index contributed by atoms with van der Waals surface area (Å²) >= 11 is 13.5. The standard InChI is InChI=1S/C11H7Cl2NO2S2/c12-8-9(13)17-10(14-8)18-11(15)16-6-7-4-2-1-3-5-7/h1-5H,6H2. The number of benzene rings is 1. The Morgan fingerprint density at radius 1 is 1.33 bits per heavy atom. The zero-order valence-corrected chi connectivity index (χ0v) is 12.1. The SMILES string of the molecule is O=C(OCc1ccccc1)Sc1nc(Cl)c(Cl)s1. The molecule has 0 N–H and O–H groups in total. The highest BCUT2D eigenvalue weighted by Crippen LogP contribution is 2.34. The Kier molecular flexibility index (Phi) is 4.88. The molecule has 3 nitrogen and oxygen atoms in total. The van der Waals surface area contributed by atoms with Crippen LogP contribution in [0.1, 0.15) is 5.56 Å². The Labute approximate surface area is 122 Å².